The molecule has 5 N–H and O–H groups in total. The fraction of sp³-hybridized carbons (Fsp3) is 0.200. The summed E-state index contributed by atoms with van der Waals surface area (Å²) < 4.78 is 0. The van der Waals surface area contributed by atoms with E-state index in [1.807, 2.05) is 0 Å². The second kappa shape index (κ2) is 5.78. The molecule has 1 atom stereocenters. The number of carboxylic acids is 1. The van der Waals surface area contributed by atoms with Crippen molar-refractivity contribution in [2.45, 2.75) is 6.10 Å². The Morgan fingerprint density at radius 3 is 2.58 bits per heavy atom. The van der Waals surface area contributed by atoms with Crippen molar-refractivity contribution in [2.75, 3.05) is 11.9 Å². The number of nitrogens with zero attached hydrogens (tertiary/aromatic N) is 1. The van der Waals surface area contributed by atoms with Crippen LogP contribution in [0.15, 0.2) is 18.2 Å². The summed E-state index contributed by atoms with van der Waals surface area (Å²) >= 11 is 0. The molecule has 1 aromatic carbocycles. The monoisotopic (exact) mass is 269 g/mol. The van der Waals surface area contributed by atoms with Gasteiger partial charge in [-0.2, -0.15) is 0 Å². The number of amides is 1. The maximum absolute atomic E-state index is 10.9. The molecule has 1 aromatic rings. The number of anilines is 1. The normalized spacial score (nSPS) is 11.6. The van der Waals surface area contributed by atoms with Crippen LogP contribution in [0.2, 0.25) is 0 Å². The summed E-state index contributed by atoms with van der Waals surface area (Å²) in [6.07, 6.45) is -1.44. The van der Waals surface area contributed by atoms with Crippen LogP contribution in [0.3, 0.4) is 0 Å². The molecule has 0 aromatic heterocycles. The average molecular weight is 269 g/mol. The highest BCUT2D eigenvalue weighted by atomic mass is 16.6. The number of carbonyl (C=O) groups is 2. The zero-order chi connectivity index (χ0) is 14.6. The number of hydrogen-bond acceptors (Lipinski definition) is 6. The van der Waals surface area contributed by atoms with Gasteiger partial charge in [-0.3, -0.25) is 14.9 Å². The SMILES string of the molecule is NC(=O)C(O)CNc1ccc([N+](=O)[O-])c(C(=O)O)c1. The molecule has 0 heterocycles. The molecule has 102 valence electrons. The van der Waals surface area contributed by atoms with Crippen LogP contribution in [-0.2, 0) is 4.79 Å². The van der Waals surface area contributed by atoms with Crippen molar-refractivity contribution >= 4 is 23.3 Å². The number of nitrogens with one attached hydrogen (secondary N) is 1. The number of primary amides is 1. The highest BCUT2D eigenvalue weighted by molar-refractivity contribution is 5.93. The van der Waals surface area contributed by atoms with E-state index in [-0.39, 0.29) is 12.2 Å². The number of nitro benzene ring substituents is 1. The first kappa shape index (κ1) is 14.4. The van der Waals surface area contributed by atoms with E-state index < -0.39 is 34.2 Å². The lowest BCUT2D eigenvalue weighted by Gasteiger charge is -2.10. The molecule has 0 fully saturated rings. The molecule has 0 aliphatic heterocycles. The minimum atomic E-state index is -1.45. The van der Waals surface area contributed by atoms with Crippen molar-refractivity contribution in [2.24, 2.45) is 5.73 Å². The average Bonchev–Trinajstić information content (AvgIpc) is 2.35. The van der Waals surface area contributed by atoms with Crippen LogP contribution < -0.4 is 11.1 Å². The topological polar surface area (TPSA) is 156 Å². The van der Waals surface area contributed by atoms with E-state index in [0.717, 1.165) is 12.1 Å². The molecule has 1 unspecified atom stereocenters. The van der Waals surface area contributed by atoms with E-state index in [4.69, 9.17) is 15.9 Å². The van der Waals surface area contributed by atoms with E-state index in [2.05, 4.69) is 5.32 Å². The largest absolute Gasteiger partial charge is 0.477 e. The van der Waals surface area contributed by atoms with Crippen LogP contribution in [-0.4, -0.2) is 39.7 Å². The Kier molecular flexibility index (Phi) is 4.37. The Morgan fingerprint density at radius 2 is 2.11 bits per heavy atom. The van der Waals surface area contributed by atoms with Gasteiger partial charge in [0.1, 0.15) is 11.7 Å². The Hall–Kier alpha value is -2.68. The zero-order valence-electron chi connectivity index (χ0n) is 9.57. The number of hydrogen-bond donors (Lipinski definition) is 4. The van der Waals surface area contributed by atoms with Gasteiger partial charge in [0.25, 0.3) is 5.69 Å². The van der Waals surface area contributed by atoms with Crippen molar-refractivity contribution < 1.29 is 24.7 Å². The molecule has 0 saturated heterocycles. The van der Waals surface area contributed by atoms with Crippen molar-refractivity contribution in [3.8, 4) is 0 Å². The number of aromatic carboxylic acids is 1. The van der Waals surface area contributed by atoms with Gasteiger partial charge >= 0.3 is 5.97 Å². The minimum Gasteiger partial charge on any atom is -0.477 e. The van der Waals surface area contributed by atoms with E-state index in [1.165, 1.54) is 6.07 Å². The Labute approximate surface area is 106 Å². The van der Waals surface area contributed by atoms with E-state index in [9.17, 15) is 19.7 Å². The van der Waals surface area contributed by atoms with Gasteiger partial charge in [0.15, 0.2) is 0 Å². The lowest BCUT2D eigenvalue weighted by atomic mass is 10.1. The molecule has 0 radical (unpaired) electrons. The second-order valence-electron chi connectivity index (χ2n) is 3.59. The van der Waals surface area contributed by atoms with Crippen molar-refractivity contribution in [3.05, 3.63) is 33.9 Å². The molecule has 1 amide bonds. The number of nitro groups is 1. The molecule has 0 bridgehead atoms. The smallest absolute Gasteiger partial charge is 0.342 e. The third kappa shape index (κ3) is 3.64. The maximum atomic E-state index is 10.9. The first-order valence-corrected chi connectivity index (χ1v) is 5.06. The predicted octanol–water partition coefficient (Wildman–Crippen LogP) is -0.449. The lowest BCUT2D eigenvalue weighted by Crippen LogP contribution is -2.34. The molecule has 9 nitrogen and oxygen atoms in total. The van der Waals surface area contributed by atoms with Gasteiger partial charge in [-0.25, -0.2) is 4.79 Å². The number of rotatable bonds is 6. The summed E-state index contributed by atoms with van der Waals surface area (Å²) in [6, 6.07) is 3.31. The van der Waals surface area contributed by atoms with Crippen LogP contribution in [0.4, 0.5) is 11.4 Å². The number of carboxylic acid groups (broad SMARTS) is 1. The fourth-order valence-corrected chi connectivity index (χ4v) is 1.29. The summed E-state index contributed by atoms with van der Waals surface area (Å²) in [5.74, 6) is -2.39. The third-order valence-corrected chi connectivity index (χ3v) is 2.25. The fourth-order valence-electron chi connectivity index (χ4n) is 1.29. The van der Waals surface area contributed by atoms with Crippen LogP contribution in [0.25, 0.3) is 0 Å². The molecule has 0 saturated carbocycles. The van der Waals surface area contributed by atoms with Crippen molar-refractivity contribution in [3.63, 3.8) is 0 Å². The highest BCUT2D eigenvalue weighted by Gasteiger charge is 2.20. The predicted molar refractivity (Wildman–Crippen MR) is 63.7 cm³/mol. The summed E-state index contributed by atoms with van der Waals surface area (Å²) in [5.41, 5.74) is 4.00. The first-order chi connectivity index (χ1) is 8.82. The molecular weight excluding hydrogens is 258 g/mol. The summed E-state index contributed by atoms with van der Waals surface area (Å²) in [5, 5.41) is 31.2. The molecule has 9 heteroatoms. The van der Waals surface area contributed by atoms with E-state index in [0.29, 0.717) is 0 Å². The highest BCUT2D eigenvalue weighted by Crippen LogP contribution is 2.22. The van der Waals surface area contributed by atoms with Gasteiger partial charge in [0, 0.05) is 18.3 Å². The number of nitrogens with two attached hydrogens (primary N) is 1. The number of benzene rings is 1. The van der Waals surface area contributed by atoms with Gasteiger partial charge in [0.05, 0.1) is 4.92 Å². The van der Waals surface area contributed by atoms with Crippen LogP contribution in [0.1, 0.15) is 10.4 Å². The molecule has 0 aliphatic carbocycles. The Morgan fingerprint density at radius 1 is 1.47 bits per heavy atom. The van der Waals surface area contributed by atoms with E-state index in [1.54, 1.807) is 0 Å². The standard InChI is InChI=1S/C10H11N3O6/c11-9(15)8(14)4-12-5-1-2-7(13(18)19)6(3-5)10(16)17/h1-3,8,12,14H,4H2,(H2,11,15)(H,16,17). The minimum absolute atomic E-state index is 0.211. The Balaban J connectivity index is 2.93. The summed E-state index contributed by atoms with van der Waals surface area (Å²) in [7, 11) is 0. The molecule has 1 rings (SSSR count). The zero-order valence-corrected chi connectivity index (χ0v) is 9.57. The number of aliphatic hydroxyl groups excluding tert-OH is 1. The van der Waals surface area contributed by atoms with Gasteiger partial charge < -0.3 is 21.3 Å². The van der Waals surface area contributed by atoms with Crippen molar-refractivity contribution in [1.82, 2.24) is 0 Å². The Bertz CT molecular complexity index is 530. The maximum Gasteiger partial charge on any atom is 0.342 e. The van der Waals surface area contributed by atoms with Crippen LogP contribution in [0, 0.1) is 10.1 Å². The quantitative estimate of drug-likeness (QED) is 0.402. The van der Waals surface area contributed by atoms with E-state index >= 15 is 0 Å². The van der Waals surface area contributed by atoms with Gasteiger partial charge in [0.2, 0.25) is 5.91 Å². The van der Waals surface area contributed by atoms with Crippen molar-refractivity contribution in [1.29, 1.82) is 0 Å². The van der Waals surface area contributed by atoms with Gasteiger partial charge in [-0.15, -0.1) is 0 Å². The summed E-state index contributed by atoms with van der Waals surface area (Å²) in [6.45, 7) is -0.230. The van der Waals surface area contributed by atoms with Crippen LogP contribution in [0.5, 0.6) is 0 Å². The van der Waals surface area contributed by atoms with Crippen LogP contribution >= 0.6 is 0 Å². The molecular formula is C10H11N3O6. The molecule has 0 spiro atoms. The first-order valence-electron chi connectivity index (χ1n) is 5.06. The second-order valence-corrected chi connectivity index (χ2v) is 3.59. The third-order valence-electron chi connectivity index (χ3n) is 2.25. The number of carbonyl (C=O) groups excluding carboxylic acids is 1. The molecule has 19 heavy (non-hydrogen) atoms. The number of aliphatic hydroxyl groups is 1. The van der Waals surface area contributed by atoms with Gasteiger partial charge in [-0.05, 0) is 12.1 Å². The summed E-state index contributed by atoms with van der Waals surface area (Å²) in [4.78, 5) is 31.3. The molecule has 0 aliphatic rings. The van der Waals surface area contributed by atoms with Gasteiger partial charge in [-0.1, -0.05) is 0 Å². The lowest BCUT2D eigenvalue weighted by molar-refractivity contribution is -0.385.